The van der Waals surface area contributed by atoms with Gasteiger partial charge in [-0.05, 0) is 130 Å². The van der Waals surface area contributed by atoms with E-state index in [4.69, 9.17) is 9.47 Å². The molecule has 0 unspecified atom stereocenters. The number of benzene rings is 6. The first-order valence-electron chi connectivity index (χ1n) is 18.6. The van der Waals surface area contributed by atoms with E-state index in [1.807, 2.05) is 49.1 Å². The fraction of sp³-hybridized carbons (Fsp3) is 0.0204. The van der Waals surface area contributed by atoms with Crippen molar-refractivity contribution in [3.05, 3.63) is 176 Å². The van der Waals surface area contributed by atoms with Crippen LogP contribution in [0.3, 0.4) is 0 Å². The highest BCUT2D eigenvalue weighted by atomic mass is 16.5. The van der Waals surface area contributed by atoms with E-state index >= 15 is 0 Å². The smallest absolute Gasteiger partial charge is 0.260 e. The number of rotatable bonds is 5. The first-order chi connectivity index (χ1) is 27.2. The lowest BCUT2D eigenvalue weighted by atomic mass is 9.34. The molecule has 2 aliphatic rings. The first kappa shape index (κ1) is 31.4. The van der Waals surface area contributed by atoms with Gasteiger partial charge in [0, 0.05) is 46.7 Å². The van der Waals surface area contributed by atoms with E-state index < -0.39 is 0 Å². The second-order valence-corrected chi connectivity index (χ2v) is 14.1. The Morgan fingerprint density at radius 3 is 1.69 bits per heavy atom. The zero-order chi connectivity index (χ0) is 36.5. The van der Waals surface area contributed by atoms with Gasteiger partial charge >= 0.3 is 0 Å². The molecule has 0 saturated heterocycles. The fourth-order valence-corrected chi connectivity index (χ4v) is 8.57. The van der Waals surface area contributed by atoms with E-state index in [2.05, 4.69) is 149 Å². The number of ether oxygens (including phenoxy) is 2. The van der Waals surface area contributed by atoms with Gasteiger partial charge < -0.3 is 14.0 Å². The number of nitrogens with zero attached hydrogens (tertiary/aromatic N) is 3. The predicted octanol–water partition coefficient (Wildman–Crippen LogP) is 10.3. The molecule has 3 aromatic heterocycles. The maximum Gasteiger partial charge on any atom is 0.260 e. The zero-order valence-electron chi connectivity index (χ0n) is 30.0. The summed E-state index contributed by atoms with van der Waals surface area (Å²) in [7, 11) is 0. The Kier molecular flexibility index (Phi) is 7.11. The Morgan fingerprint density at radius 1 is 0.509 bits per heavy atom. The second-order valence-electron chi connectivity index (χ2n) is 14.1. The molecule has 5 nitrogen and oxygen atoms in total. The van der Waals surface area contributed by atoms with Crippen LogP contribution in [0.25, 0.3) is 66.9 Å². The Balaban J connectivity index is 1.04. The fourth-order valence-electron chi connectivity index (χ4n) is 8.57. The molecule has 2 aliphatic heterocycles. The minimum absolute atomic E-state index is 0.0831. The lowest BCUT2D eigenvalue weighted by Crippen LogP contribution is -2.57. The average molecular weight is 706 g/mol. The van der Waals surface area contributed by atoms with Gasteiger partial charge in [0.05, 0.1) is 11.0 Å². The van der Waals surface area contributed by atoms with Crippen LogP contribution >= 0.6 is 0 Å². The topological polar surface area (TPSA) is 49.2 Å². The number of fused-ring (bicyclic) bond motifs is 7. The molecule has 0 bridgehead atoms. The van der Waals surface area contributed by atoms with Crippen molar-refractivity contribution in [3.63, 3.8) is 0 Å². The van der Waals surface area contributed by atoms with Gasteiger partial charge in [-0.3, -0.25) is 9.97 Å². The van der Waals surface area contributed by atoms with Crippen LogP contribution in [0, 0.1) is 0 Å². The molecule has 258 valence electrons. The third-order valence-electron chi connectivity index (χ3n) is 11.0. The lowest BCUT2D eigenvalue weighted by Gasteiger charge is -2.34. The Bertz CT molecular complexity index is 2880. The Hall–Kier alpha value is -7.18. The first-order valence-corrected chi connectivity index (χ1v) is 18.6. The highest BCUT2D eigenvalue weighted by Gasteiger charge is 2.41. The third kappa shape index (κ3) is 5.03. The molecule has 0 atom stereocenters. The molecular formula is C49H32BN3O2. The summed E-state index contributed by atoms with van der Waals surface area (Å²) in [6.45, 7) is 1.99. The third-order valence-corrected chi connectivity index (χ3v) is 11.0. The van der Waals surface area contributed by atoms with Crippen LogP contribution in [-0.2, 0) is 0 Å². The SMILES string of the molecule is CC=Cc1cccc2c1c1ccccc1n2-c1ccc(-c2cc3c4c(c2)Oc2ccc(-c5ccncc5)cc2B4c2cc(-c4ccncc4)ccc2O3)cc1. The number of para-hydroxylation sites is 1. The zero-order valence-corrected chi connectivity index (χ0v) is 30.0. The molecule has 6 heteroatoms. The molecule has 0 aliphatic carbocycles. The number of aromatic nitrogens is 3. The summed E-state index contributed by atoms with van der Waals surface area (Å²) in [6.07, 6.45) is 11.6. The highest BCUT2D eigenvalue weighted by molar-refractivity contribution is 6.98. The van der Waals surface area contributed by atoms with E-state index in [1.165, 1.54) is 27.4 Å². The van der Waals surface area contributed by atoms with Gasteiger partial charge in [0.15, 0.2) is 0 Å². The molecule has 0 N–H and O–H groups in total. The van der Waals surface area contributed by atoms with Crippen LogP contribution in [0.15, 0.2) is 170 Å². The average Bonchev–Trinajstić information content (AvgIpc) is 3.59. The Morgan fingerprint density at radius 2 is 1.07 bits per heavy atom. The standard InChI is InChI=1S/C49H32BN3O2/c1-2-6-34-7-5-10-43-48(34)39-8-3-4-9-42(39)53(43)38-15-11-31(12-16-38)37-29-46-49-47(30-37)55-45-18-14-36(33-21-25-52-26-22-33)28-41(45)50(49)40-27-35(13-17-44(40)54-46)32-19-23-51-24-20-32/h2-30H,1H3. The summed E-state index contributed by atoms with van der Waals surface area (Å²) in [5.74, 6) is 3.31. The van der Waals surface area contributed by atoms with Crippen molar-refractivity contribution in [3.8, 4) is 62.1 Å². The monoisotopic (exact) mass is 705 g/mol. The molecule has 0 radical (unpaired) electrons. The number of hydrogen-bond donors (Lipinski definition) is 0. The molecule has 55 heavy (non-hydrogen) atoms. The summed E-state index contributed by atoms with van der Waals surface area (Å²) in [6, 6.07) is 49.6. The van der Waals surface area contributed by atoms with Crippen LogP contribution in [-0.4, -0.2) is 21.2 Å². The molecule has 0 saturated carbocycles. The van der Waals surface area contributed by atoms with E-state index in [0.29, 0.717) is 0 Å². The van der Waals surface area contributed by atoms with Crippen molar-refractivity contribution < 1.29 is 9.47 Å². The van der Waals surface area contributed by atoms with Crippen molar-refractivity contribution in [1.82, 2.24) is 14.5 Å². The van der Waals surface area contributed by atoms with E-state index in [9.17, 15) is 0 Å². The van der Waals surface area contributed by atoms with Crippen LogP contribution < -0.4 is 25.9 Å². The maximum absolute atomic E-state index is 6.81. The number of hydrogen-bond acceptors (Lipinski definition) is 4. The normalized spacial score (nSPS) is 12.6. The van der Waals surface area contributed by atoms with Gasteiger partial charge in [0.2, 0.25) is 0 Å². The molecule has 0 amide bonds. The van der Waals surface area contributed by atoms with E-state index in [1.54, 1.807) is 0 Å². The van der Waals surface area contributed by atoms with Gasteiger partial charge in [0.1, 0.15) is 23.0 Å². The van der Waals surface area contributed by atoms with Crippen LogP contribution in [0.2, 0.25) is 0 Å². The van der Waals surface area contributed by atoms with E-state index in [-0.39, 0.29) is 6.71 Å². The van der Waals surface area contributed by atoms with Crippen LogP contribution in [0.4, 0.5) is 0 Å². The predicted molar refractivity (Wildman–Crippen MR) is 225 cm³/mol. The minimum Gasteiger partial charge on any atom is -0.458 e. The minimum atomic E-state index is -0.0831. The maximum atomic E-state index is 6.81. The Labute approximate surface area is 318 Å². The van der Waals surface area contributed by atoms with Gasteiger partial charge in [-0.15, -0.1) is 0 Å². The van der Waals surface area contributed by atoms with Gasteiger partial charge in [0.25, 0.3) is 6.71 Å². The summed E-state index contributed by atoms with van der Waals surface area (Å²) >= 11 is 0. The summed E-state index contributed by atoms with van der Waals surface area (Å²) < 4.78 is 16.0. The van der Waals surface area contributed by atoms with Crippen molar-refractivity contribution in [2.75, 3.05) is 0 Å². The summed E-state index contributed by atoms with van der Waals surface area (Å²) in [4.78, 5) is 8.49. The van der Waals surface area contributed by atoms with Crippen LogP contribution in [0.5, 0.6) is 23.0 Å². The second kappa shape index (κ2) is 12.5. The quantitative estimate of drug-likeness (QED) is 0.167. The van der Waals surface area contributed by atoms with Crippen molar-refractivity contribution in [2.24, 2.45) is 0 Å². The van der Waals surface area contributed by atoms with Crippen LogP contribution in [0.1, 0.15) is 12.5 Å². The van der Waals surface area contributed by atoms with Crippen molar-refractivity contribution in [2.45, 2.75) is 6.92 Å². The molecule has 5 heterocycles. The summed E-state index contributed by atoms with van der Waals surface area (Å²) in [5.41, 5.74) is 14.5. The van der Waals surface area contributed by atoms with Gasteiger partial charge in [-0.1, -0.05) is 78.9 Å². The molecule has 0 fully saturated rings. The molecular weight excluding hydrogens is 673 g/mol. The van der Waals surface area contributed by atoms with Gasteiger partial charge in [-0.2, -0.15) is 0 Å². The molecule has 11 rings (SSSR count). The number of pyridine rings is 2. The molecule has 6 aromatic carbocycles. The highest BCUT2D eigenvalue weighted by Crippen LogP contribution is 2.41. The van der Waals surface area contributed by atoms with Gasteiger partial charge in [-0.25, -0.2) is 0 Å². The molecule has 0 spiro atoms. The van der Waals surface area contributed by atoms with Crippen molar-refractivity contribution >= 4 is 51.0 Å². The van der Waals surface area contributed by atoms with E-state index in [0.717, 1.165) is 78.5 Å². The number of allylic oxidation sites excluding steroid dienone is 1. The van der Waals surface area contributed by atoms with Crippen molar-refractivity contribution in [1.29, 1.82) is 0 Å². The largest absolute Gasteiger partial charge is 0.458 e. The lowest BCUT2D eigenvalue weighted by molar-refractivity contribution is 0.465. The summed E-state index contributed by atoms with van der Waals surface area (Å²) in [5, 5.41) is 2.51. The molecule has 9 aromatic rings.